The van der Waals surface area contributed by atoms with Crippen molar-refractivity contribution in [2.24, 2.45) is 0 Å². The standard InChI is InChI=1S/C12H22N2O2S3/c1-10-12(8-11(18-10)9-13-2)19(15,16)14-6-4-5-7-17-3/h8,13-14H,4-7,9H2,1-3H3. The van der Waals surface area contributed by atoms with Gasteiger partial charge in [-0.1, -0.05) is 0 Å². The van der Waals surface area contributed by atoms with Gasteiger partial charge < -0.3 is 5.32 Å². The highest BCUT2D eigenvalue weighted by Crippen LogP contribution is 2.25. The van der Waals surface area contributed by atoms with Crippen molar-refractivity contribution < 1.29 is 8.42 Å². The fourth-order valence-electron chi connectivity index (χ4n) is 1.71. The Morgan fingerprint density at radius 3 is 2.74 bits per heavy atom. The first-order valence-electron chi connectivity index (χ1n) is 6.23. The second-order valence-corrected chi connectivity index (χ2v) is 8.32. The normalized spacial score (nSPS) is 11.9. The quantitative estimate of drug-likeness (QED) is 0.684. The average Bonchev–Trinajstić information content (AvgIpc) is 2.71. The van der Waals surface area contributed by atoms with Gasteiger partial charge in [0.05, 0.1) is 4.90 Å². The van der Waals surface area contributed by atoms with Gasteiger partial charge in [-0.15, -0.1) is 11.3 Å². The van der Waals surface area contributed by atoms with E-state index in [1.165, 1.54) is 11.3 Å². The molecule has 2 N–H and O–H groups in total. The minimum atomic E-state index is -3.35. The molecule has 0 aliphatic heterocycles. The third kappa shape index (κ3) is 5.43. The molecule has 0 aliphatic carbocycles. The predicted octanol–water partition coefficient (Wildman–Crippen LogP) is 2.20. The summed E-state index contributed by atoms with van der Waals surface area (Å²) in [4.78, 5) is 2.32. The smallest absolute Gasteiger partial charge is 0.241 e. The van der Waals surface area contributed by atoms with E-state index in [2.05, 4.69) is 16.3 Å². The van der Waals surface area contributed by atoms with Crippen LogP contribution in [0.15, 0.2) is 11.0 Å². The summed E-state index contributed by atoms with van der Waals surface area (Å²) in [6.07, 6.45) is 3.98. The molecule has 0 spiro atoms. The molecule has 0 saturated carbocycles. The van der Waals surface area contributed by atoms with Gasteiger partial charge in [-0.3, -0.25) is 0 Å². The van der Waals surface area contributed by atoms with E-state index in [0.29, 0.717) is 18.0 Å². The Morgan fingerprint density at radius 1 is 1.37 bits per heavy atom. The van der Waals surface area contributed by atoms with Gasteiger partial charge in [0.25, 0.3) is 0 Å². The van der Waals surface area contributed by atoms with Crippen LogP contribution in [0.1, 0.15) is 22.6 Å². The Morgan fingerprint density at radius 2 is 2.11 bits per heavy atom. The number of hydrogen-bond donors (Lipinski definition) is 2. The summed E-state index contributed by atoms with van der Waals surface area (Å²) in [7, 11) is -1.50. The van der Waals surface area contributed by atoms with Crippen LogP contribution in [-0.4, -0.2) is 34.0 Å². The van der Waals surface area contributed by atoms with Crippen molar-refractivity contribution in [1.29, 1.82) is 0 Å². The minimum absolute atomic E-state index is 0.424. The molecule has 110 valence electrons. The number of rotatable bonds is 9. The largest absolute Gasteiger partial charge is 0.315 e. The van der Waals surface area contributed by atoms with E-state index < -0.39 is 10.0 Å². The van der Waals surface area contributed by atoms with E-state index in [1.807, 2.05) is 14.0 Å². The highest BCUT2D eigenvalue weighted by Gasteiger charge is 2.19. The van der Waals surface area contributed by atoms with Gasteiger partial charge in [-0.05, 0) is 44.9 Å². The molecule has 0 aromatic carbocycles. The monoisotopic (exact) mass is 322 g/mol. The first-order valence-corrected chi connectivity index (χ1v) is 9.93. The number of thioether (sulfide) groups is 1. The highest BCUT2D eigenvalue weighted by molar-refractivity contribution is 7.98. The molecule has 0 fully saturated rings. The molecule has 1 aromatic rings. The summed E-state index contributed by atoms with van der Waals surface area (Å²) >= 11 is 3.31. The highest BCUT2D eigenvalue weighted by atomic mass is 32.2. The number of thiophene rings is 1. The number of aryl methyl sites for hydroxylation is 1. The van der Waals surface area contributed by atoms with E-state index in [0.717, 1.165) is 28.3 Å². The molecule has 1 heterocycles. The van der Waals surface area contributed by atoms with Crippen molar-refractivity contribution in [3.05, 3.63) is 15.8 Å². The van der Waals surface area contributed by atoms with Gasteiger partial charge in [-0.25, -0.2) is 13.1 Å². The predicted molar refractivity (Wildman–Crippen MR) is 84.6 cm³/mol. The molecule has 0 bridgehead atoms. The summed E-state index contributed by atoms with van der Waals surface area (Å²) in [6.45, 7) is 3.07. The topological polar surface area (TPSA) is 58.2 Å². The third-order valence-corrected chi connectivity index (χ3v) is 6.09. The van der Waals surface area contributed by atoms with Crippen molar-refractivity contribution in [3.63, 3.8) is 0 Å². The van der Waals surface area contributed by atoms with Crippen LogP contribution in [0, 0.1) is 6.92 Å². The van der Waals surface area contributed by atoms with E-state index in [-0.39, 0.29) is 0 Å². The molecule has 7 heteroatoms. The number of hydrogen-bond acceptors (Lipinski definition) is 5. The van der Waals surface area contributed by atoms with Crippen LogP contribution in [0.4, 0.5) is 0 Å². The van der Waals surface area contributed by atoms with E-state index in [4.69, 9.17) is 0 Å². The second-order valence-electron chi connectivity index (χ2n) is 4.26. The van der Waals surface area contributed by atoms with Gasteiger partial charge in [0.2, 0.25) is 10.0 Å². The first-order chi connectivity index (χ1) is 9.01. The molecule has 1 rings (SSSR count). The van der Waals surface area contributed by atoms with Gasteiger partial charge in [0.1, 0.15) is 0 Å². The van der Waals surface area contributed by atoms with Gasteiger partial charge >= 0.3 is 0 Å². The number of unbranched alkanes of at least 4 members (excludes halogenated alkanes) is 1. The molecule has 1 aromatic heterocycles. The van der Waals surface area contributed by atoms with Gasteiger partial charge in [0.15, 0.2) is 0 Å². The number of nitrogens with one attached hydrogen (secondary N) is 2. The zero-order valence-electron chi connectivity index (χ0n) is 11.7. The fraction of sp³-hybridized carbons (Fsp3) is 0.667. The fourth-order valence-corrected chi connectivity index (χ4v) is 4.92. The molecule has 0 atom stereocenters. The Balaban J connectivity index is 2.61. The van der Waals surface area contributed by atoms with Gasteiger partial charge in [0, 0.05) is 22.8 Å². The van der Waals surface area contributed by atoms with Crippen LogP contribution < -0.4 is 10.0 Å². The van der Waals surface area contributed by atoms with Crippen molar-refractivity contribution in [3.8, 4) is 0 Å². The van der Waals surface area contributed by atoms with Crippen molar-refractivity contribution >= 4 is 33.1 Å². The van der Waals surface area contributed by atoms with Crippen molar-refractivity contribution in [2.75, 3.05) is 25.6 Å². The zero-order chi connectivity index (χ0) is 14.3. The maximum absolute atomic E-state index is 12.2. The molecular formula is C12H22N2O2S3. The molecule has 0 amide bonds. The zero-order valence-corrected chi connectivity index (χ0v) is 14.1. The Bertz CT molecular complexity index is 483. The lowest BCUT2D eigenvalue weighted by molar-refractivity contribution is 0.578. The van der Waals surface area contributed by atoms with Crippen LogP contribution >= 0.6 is 23.1 Å². The maximum atomic E-state index is 12.2. The van der Waals surface area contributed by atoms with Crippen LogP contribution in [-0.2, 0) is 16.6 Å². The lowest BCUT2D eigenvalue weighted by Crippen LogP contribution is -2.25. The molecule has 19 heavy (non-hydrogen) atoms. The van der Waals surface area contributed by atoms with Crippen LogP contribution in [0.25, 0.3) is 0 Å². The summed E-state index contributed by atoms with van der Waals surface area (Å²) in [5.41, 5.74) is 0. The Labute approximate surface area is 124 Å². The Hall–Kier alpha value is -0.0800. The molecule has 0 aliphatic rings. The molecule has 0 saturated heterocycles. The Kier molecular flexibility index (Phi) is 7.38. The average molecular weight is 323 g/mol. The van der Waals surface area contributed by atoms with Crippen molar-refractivity contribution in [1.82, 2.24) is 10.0 Å². The SMILES string of the molecule is CNCc1cc(S(=O)(=O)NCCCCSC)c(C)s1. The first kappa shape index (κ1) is 17.0. The van der Waals surface area contributed by atoms with Crippen LogP contribution in [0.2, 0.25) is 0 Å². The van der Waals surface area contributed by atoms with Crippen LogP contribution in [0.3, 0.4) is 0 Å². The summed E-state index contributed by atoms with van der Waals surface area (Å²) < 4.78 is 27.0. The summed E-state index contributed by atoms with van der Waals surface area (Å²) in [6, 6.07) is 1.76. The maximum Gasteiger partial charge on any atom is 0.241 e. The van der Waals surface area contributed by atoms with Gasteiger partial charge in [-0.2, -0.15) is 11.8 Å². The molecule has 0 radical (unpaired) electrons. The molecular weight excluding hydrogens is 300 g/mol. The van der Waals surface area contributed by atoms with Crippen molar-refractivity contribution in [2.45, 2.75) is 31.2 Å². The van der Waals surface area contributed by atoms with E-state index >= 15 is 0 Å². The third-order valence-electron chi connectivity index (χ3n) is 2.63. The molecule has 0 unspecified atom stereocenters. The van der Waals surface area contributed by atoms with Crippen LogP contribution in [0.5, 0.6) is 0 Å². The second kappa shape index (κ2) is 8.26. The minimum Gasteiger partial charge on any atom is -0.315 e. The summed E-state index contributed by atoms with van der Waals surface area (Å²) in [5.74, 6) is 1.07. The lowest BCUT2D eigenvalue weighted by Gasteiger charge is -2.05. The summed E-state index contributed by atoms with van der Waals surface area (Å²) in [5, 5.41) is 3.04. The molecule has 4 nitrogen and oxygen atoms in total. The van der Waals surface area contributed by atoms with E-state index in [9.17, 15) is 8.42 Å². The lowest BCUT2D eigenvalue weighted by atomic mass is 10.3. The number of sulfonamides is 1. The van der Waals surface area contributed by atoms with E-state index in [1.54, 1.807) is 17.8 Å².